The van der Waals surface area contributed by atoms with Gasteiger partial charge in [-0.15, -0.1) is 0 Å². The summed E-state index contributed by atoms with van der Waals surface area (Å²) in [5.74, 6) is 0.960. The van der Waals surface area contributed by atoms with E-state index in [0.717, 1.165) is 23.3 Å². The number of methoxy groups -OCH3 is 1. The van der Waals surface area contributed by atoms with Gasteiger partial charge in [-0.1, -0.05) is 40.2 Å². The SMILES string of the molecule is COc1cccc(C[NH+]2CC[NH+](Cc3ccc(Br)cc3)CC2)c1. The molecular formula is C19H25BrN2O+2. The third-order valence-electron chi connectivity index (χ3n) is 4.62. The van der Waals surface area contributed by atoms with Crippen LogP contribution in [-0.2, 0) is 13.1 Å². The summed E-state index contributed by atoms with van der Waals surface area (Å²) in [7, 11) is 1.73. The molecule has 3 nitrogen and oxygen atoms in total. The Morgan fingerprint density at radius 3 is 2.09 bits per heavy atom. The maximum Gasteiger partial charge on any atom is 0.127 e. The summed E-state index contributed by atoms with van der Waals surface area (Å²) in [6.07, 6.45) is 0. The van der Waals surface area contributed by atoms with Crippen molar-refractivity contribution in [3.63, 3.8) is 0 Å². The average molecular weight is 377 g/mol. The van der Waals surface area contributed by atoms with Crippen molar-refractivity contribution in [3.05, 3.63) is 64.1 Å². The maximum atomic E-state index is 5.32. The summed E-state index contributed by atoms with van der Waals surface area (Å²) in [6.45, 7) is 7.21. The fourth-order valence-corrected chi connectivity index (χ4v) is 3.54. The Morgan fingerprint density at radius 1 is 0.870 bits per heavy atom. The van der Waals surface area contributed by atoms with E-state index in [4.69, 9.17) is 4.74 Å². The van der Waals surface area contributed by atoms with Crippen LogP contribution in [0.4, 0.5) is 0 Å². The summed E-state index contributed by atoms with van der Waals surface area (Å²) in [5.41, 5.74) is 2.80. The molecule has 1 fully saturated rings. The lowest BCUT2D eigenvalue weighted by Crippen LogP contribution is -3.27. The number of rotatable bonds is 5. The standard InChI is InChI=1S/C19H23BrN2O/c1-23-19-4-2-3-17(13-19)15-22-11-9-21(10-12-22)14-16-5-7-18(20)8-6-16/h2-8,13H,9-12,14-15H2,1H3/p+2. The van der Waals surface area contributed by atoms with Crippen LogP contribution < -0.4 is 14.5 Å². The first kappa shape index (κ1) is 16.5. The van der Waals surface area contributed by atoms with E-state index in [0.29, 0.717) is 0 Å². The van der Waals surface area contributed by atoms with E-state index in [9.17, 15) is 0 Å². The fourth-order valence-electron chi connectivity index (χ4n) is 3.27. The quantitative estimate of drug-likeness (QED) is 0.794. The number of piperazine rings is 1. The van der Waals surface area contributed by atoms with E-state index in [-0.39, 0.29) is 0 Å². The molecule has 2 N–H and O–H groups in total. The highest BCUT2D eigenvalue weighted by molar-refractivity contribution is 9.10. The number of quaternary nitrogens is 2. The first-order valence-electron chi connectivity index (χ1n) is 8.27. The molecule has 2 aromatic rings. The van der Waals surface area contributed by atoms with Gasteiger partial charge in [-0.05, 0) is 24.3 Å². The molecule has 0 spiro atoms. The summed E-state index contributed by atoms with van der Waals surface area (Å²) < 4.78 is 6.48. The van der Waals surface area contributed by atoms with Gasteiger partial charge >= 0.3 is 0 Å². The smallest absolute Gasteiger partial charge is 0.127 e. The van der Waals surface area contributed by atoms with Crippen LogP contribution in [0.1, 0.15) is 11.1 Å². The van der Waals surface area contributed by atoms with E-state index in [2.05, 4.69) is 58.4 Å². The minimum Gasteiger partial charge on any atom is -0.497 e. The lowest BCUT2D eigenvalue weighted by atomic mass is 10.1. The minimum absolute atomic E-state index is 0.960. The van der Waals surface area contributed by atoms with Crippen LogP contribution in [0, 0.1) is 0 Å². The highest BCUT2D eigenvalue weighted by Gasteiger charge is 2.23. The molecule has 0 aromatic heterocycles. The summed E-state index contributed by atoms with van der Waals surface area (Å²) in [4.78, 5) is 3.37. The number of halogens is 1. The third-order valence-corrected chi connectivity index (χ3v) is 5.15. The Labute approximate surface area is 147 Å². The van der Waals surface area contributed by atoms with Gasteiger partial charge in [0.2, 0.25) is 0 Å². The van der Waals surface area contributed by atoms with Crippen molar-refractivity contribution >= 4 is 15.9 Å². The van der Waals surface area contributed by atoms with Crippen molar-refractivity contribution in [2.24, 2.45) is 0 Å². The van der Waals surface area contributed by atoms with Gasteiger partial charge in [-0.2, -0.15) is 0 Å². The monoisotopic (exact) mass is 376 g/mol. The molecule has 3 rings (SSSR count). The molecule has 1 aliphatic rings. The molecule has 0 bridgehead atoms. The van der Waals surface area contributed by atoms with Crippen LogP contribution in [0.2, 0.25) is 0 Å². The first-order valence-corrected chi connectivity index (χ1v) is 9.07. The van der Waals surface area contributed by atoms with Crippen LogP contribution in [0.15, 0.2) is 53.0 Å². The zero-order valence-corrected chi connectivity index (χ0v) is 15.2. The minimum atomic E-state index is 0.960. The molecule has 1 saturated heterocycles. The molecule has 4 heteroatoms. The lowest BCUT2D eigenvalue weighted by Gasteiger charge is -2.29. The van der Waals surface area contributed by atoms with Crippen LogP contribution in [-0.4, -0.2) is 33.3 Å². The van der Waals surface area contributed by atoms with Gasteiger partial charge in [0.25, 0.3) is 0 Å². The van der Waals surface area contributed by atoms with Gasteiger partial charge in [-0.25, -0.2) is 0 Å². The predicted molar refractivity (Wildman–Crippen MR) is 95.9 cm³/mol. The lowest BCUT2D eigenvalue weighted by molar-refractivity contribution is -1.02. The second kappa shape index (κ2) is 7.95. The van der Waals surface area contributed by atoms with Crippen molar-refractivity contribution in [2.75, 3.05) is 33.3 Å². The van der Waals surface area contributed by atoms with Crippen LogP contribution in [0.5, 0.6) is 5.75 Å². The highest BCUT2D eigenvalue weighted by Crippen LogP contribution is 2.11. The molecule has 2 aromatic carbocycles. The molecule has 23 heavy (non-hydrogen) atoms. The van der Waals surface area contributed by atoms with Gasteiger partial charge in [0.15, 0.2) is 0 Å². The van der Waals surface area contributed by atoms with Crippen LogP contribution in [0.25, 0.3) is 0 Å². The van der Waals surface area contributed by atoms with Crippen molar-refractivity contribution in [1.29, 1.82) is 0 Å². The van der Waals surface area contributed by atoms with Crippen molar-refractivity contribution in [3.8, 4) is 5.75 Å². The summed E-state index contributed by atoms with van der Waals surface area (Å²) >= 11 is 3.50. The molecule has 1 aliphatic heterocycles. The number of benzene rings is 2. The average Bonchev–Trinajstić information content (AvgIpc) is 2.59. The zero-order valence-electron chi connectivity index (χ0n) is 13.6. The number of hydrogen-bond donors (Lipinski definition) is 2. The molecule has 0 saturated carbocycles. The molecule has 1 heterocycles. The van der Waals surface area contributed by atoms with Gasteiger partial charge < -0.3 is 14.5 Å². The Morgan fingerprint density at radius 2 is 1.48 bits per heavy atom. The van der Waals surface area contributed by atoms with E-state index in [1.807, 2.05) is 6.07 Å². The summed E-state index contributed by atoms with van der Waals surface area (Å²) in [6, 6.07) is 17.2. The topological polar surface area (TPSA) is 18.1 Å². The molecule has 0 aliphatic carbocycles. The van der Waals surface area contributed by atoms with Crippen LogP contribution >= 0.6 is 15.9 Å². The van der Waals surface area contributed by atoms with E-state index in [1.54, 1.807) is 16.9 Å². The number of ether oxygens (including phenoxy) is 1. The Kier molecular flexibility index (Phi) is 5.70. The maximum absolute atomic E-state index is 5.32. The Hall–Kier alpha value is -1.36. The molecule has 0 unspecified atom stereocenters. The first-order chi connectivity index (χ1) is 11.2. The zero-order chi connectivity index (χ0) is 16.1. The summed E-state index contributed by atoms with van der Waals surface area (Å²) in [5, 5.41) is 0. The third kappa shape index (κ3) is 4.80. The van der Waals surface area contributed by atoms with E-state index >= 15 is 0 Å². The molecule has 122 valence electrons. The van der Waals surface area contributed by atoms with E-state index in [1.165, 1.54) is 37.3 Å². The molecule has 0 radical (unpaired) electrons. The second-order valence-corrected chi connectivity index (χ2v) is 7.25. The second-order valence-electron chi connectivity index (χ2n) is 6.33. The highest BCUT2D eigenvalue weighted by atomic mass is 79.9. The normalized spacial score (nSPS) is 21.1. The Bertz CT molecular complexity index is 622. The predicted octanol–water partition coefficient (Wildman–Crippen LogP) is 0.941. The van der Waals surface area contributed by atoms with Crippen molar-refractivity contribution in [2.45, 2.75) is 13.1 Å². The number of nitrogens with one attached hydrogen (secondary N) is 2. The fraction of sp³-hybridized carbons (Fsp3) is 0.368. The number of hydrogen-bond acceptors (Lipinski definition) is 1. The molecule has 0 amide bonds. The molecule has 0 atom stereocenters. The van der Waals surface area contributed by atoms with Gasteiger partial charge in [-0.3, -0.25) is 0 Å². The van der Waals surface area contributed by atoms with Crippen LogP contribution in [0.3, 0.4) is 0 Å². The molecular weight excluding hydrogens is 352 g/mol. The van der Waals surface area contributed by atoms with Gasteiger partial charge in [0, 0.05) is 15.6 Å². The van der Waals surface area contributed by atoms with Gasteiger partial charge in [0.05, 0.1) is 7.11 Å². The largest absolute Gasteiger partial charge is 0.497 e. The Balaban J connectivity index is 1.49. The van der Waals surface area contributed by atoms with Gasteiger partial charge in [0.1, 0.15) is 45.0 Å². The van der Waals surface area contributed by atoms with Crippen molar-refractivity contribution < 1.29 is 14.5 Å². The van der Waals surface area contributed by atoms with Crippen molar-refractivity contribution in [1.82, 2.24) is 0 Å². The van der Waals surface area contributed by atoms with E-state index < -0.39 is 0 Å².